The van der Waals surface area contributed by atoms with Crippen LogP contribution in [-0.4, -0.2) is 16.2 Å². The number of aromatic carboxylic acids is 1. The van der Waals surface area contributed by atoms with Gasteiger partial charge in [-0.05, 0) is 12.8 Å². The maximum Gasteiger partial charge on any atom is 0.341 e. The molecule has 0 saturated heterocycles. The summed E-state index contributed by atoms with van der Waals surface area (Å²) in [7, 11) is 0. The van der Waals surface area contributed by atoms with E-state index in [-0.39, 0.29) is 11.5 Å². The lowest BCUT2D eigenvalue weighted by atomic mass is 10.0. The Kier molecular flexibility index (Phi) is 3.88. The zero-order chi connectivity index (χ0) is 11.4. The standard InChI is InChI=1S/C11H17NO3/c1-4-5-6-8-9(11(13)14)10(7(2)3)15-12-8/h7H,4-6H2,1-3H3,(H,13,14). The molecule has 0 amide bonds. The van der Waals surface area contributed by atoms with Crippen molar-refractivity contribution in [1.29, 1.82) is 0 Å². The van der Waals surface area contributed by atoms with Crippen LogP contribution in [0.15, 0.2) is 4.52 Å². The Balaban J connectivity index is 3.01. The first-order valence-corrected chi connectivity index (χ1v) is 5.29. The minimum Gasteiger partial charge on any atom is -0.477 e. The zero-order valence-electron chi connectivity index (χ0n) is 9.41. The number of unbranched alkanes of at least 4 members (excludes halogenated alkanes) is 1. The molecule has 0 atom stereocenters. The van der Waals surface area contributed by atoms with Gasteiger partial charge in [-0.2, -0.15) is 0 Å². The lowest BCUT2D eigenvalue weighted by Crippen LogP contribution is -2.04. The fourth-order valence-corrected chi connectivity index (χ4v) is 1.48. The Hall–Kier alpha value is -1.32. The minimum absolute atomic E-state index is 0.0546. The number of carboxylic acid groups (broad SMARTS) is 1. The van der Waals surface area contributed by atoms with E-state index in [9.17, 15) is 4.79 Å². The second kappa shape index (κ2) is 4.96. The summed E-state index contributed by atoms with van der Waals surface area (Å²) in [5.41, 5.74) is 0.839. The van der Waals surface area contributed by atoms with Crippen molar-refractivity contribution in [2.45, 2.75) is 46.0 Å². The van der Waals surface area contributed by atoms with E-state index in [1.54, 1.807) is 0 Å². The van der Waals surface area contributed by atoms with Gasteiger partial charge in [0.25, 0.3) is 0 Å². The summed E-state index contributed by atoms with van der Waals surface area (Å²) in [4.78, 5) is 11.1. The Morgan fingerprint density at radius 2 is 2.20 bits per heavy atom. The Morgan fingerprint density at radius 1 is 1.53 bits per heavy atom. The number of aromatic nitrogens is 1. The second-order valence-corrected chi connectivity index (χ2v) is 3.93. The van der Waals surface area contributed by atoms with Crippen molar-refractivity contribution in [3.05, 3.63) is 17.0 Å². The van der Waals surface area contributed by atoms with Crippen LogP contribution < -0.4 is 0 Å². The van der Waals surface area contributed by atoms with Crippen molar-refractivity contribution >= 4 is 5.97 Å². The Bertz CT molecular complexity index is 342. The average Bonchev–Trinajstić information content (AvgIpc) is 2.58. The molecule has 0 spiro atoms. The lowest BCUT2D eigenvalue weighted by molar-refractivity contribution is 0.0692. The minimum atomic E-state index is -0.939. The first-order chi connectivity index (χ1) is 7.07. The molecule has 0 aliphatic rings. The first-order valence-electron chi connectivity index (χ1n) is 5.29. The molecule has 84 valence electrons. The third kappa shape index (κ3) is 2.58. The number of hydrogen-bond acceptors (Lipinski definition) is 3. The highest BCUT2D eigenvalue weighted by molar-refractivity contribution is 5.90. The van der Waals surface area contributed by atoms with Gasteiger partial charge in [-0.15, -0.1) is 0 Å². The fourth-order valence-electron chi connectivity index (χ4n) is 1.48. The largest absolute Gasteiger partial charge is 0.477 e. The third-order valence-corrected chi connectivity index (χ3v) is 2.29. The predicted molar refractivity (Wildman–Crippen MR) is 56.2 cm³/mol. The molecule has 1 aromatic heterocycles. The SMILES string of the molecule is CCCCc1noc(C(C)C)c1C(=O)O. The molecule has 0 aliphatic carbocycles. The first kappa shape index (κ1) is 11.8. The van der Waals surface area contributed by atoms with Crippen LogP contribution in [0.5, 0.6) is 0 Å². The third-order valence-electron chi connectivity index (χ3n) is 2.29. The van der Waals surface area contributed by atoms with E-state index in [4.69, 9.17) is 9.63 Å². The molecule has 1 N–H and O–H groups in total. The van der Waals surface area contributed by atoms with Crippen LogP contribution in [0.2, 0.25) is 0 Å². The molecule has 0 fully saturated rings. The fraction of sp³-hybridized carbons (Fsp3) is 0.636. The van der Waals surface area contributed by atoms with E-state index >= 15 is 0 Å². The van der Waals surface area contributed by atoms with Crippen molar-refractivity contribution in [2.75, 3.05) is 0 Å². The molecular formula is C11H17NO3. The van der Waals surface area contributed by atoms with Gasteiger partial charge in [-0.25, -0.2) is 4.79 Å². The predicted octanol–water partition coefficient (Wildman–Crippen LogP) is 2.84. The summed E-state index contributed by atoms with van der Waals surface area (Å²) in [6.45, 7) is 5.86. The molecule has 0 aromatic carbocycles. The topological polar surface area (TPSA) is 63.3 Å². The molecule has 15 heavy (non-hydrogen) atoms. The van der Waals surface area contributed by atoms with Crippen LogP contribution >= 0.6 is 0 Å². The van der Waals surface area contributed by atoms with Crippen molar-refractivity contribution < 1.29 is 14.4 Å². The molecule has 1 rings (SSSR count). The van der Waals surface area contributed by atoms with Crippen molar-refractivity contribution in [2.24, 2.45) is 0 Å². The summed E-state index contributed by atoms with van der Waals surface area (Å²) >= 11 is 0. The van der Waals surface area contributed by atoms with Crippen LogP contribution in [-0.2, 0) is 6.42 Å². The van der Waals surface area contributed by atoms with E-state index in [1.807, 2.05) is 13.8 Å². The zero-order valence-corrected chi connectivity index (χ0v) is 9.41. The number of nitrogens with zero attached hydrogens (tertiary/aromatic N) is 1. The lowest BCUT2D eigenvalue weighted by Gasteiger charge is -2.00. The summed E-state index contributed by atoms with van der Waals surface area (Å²) in [6.07, 6.45) is 2.63. The smallest absolute Gasteiger partial charge is 0.341 e. The molecule has 0 saturated carbocycles. The van der Waals surface area contributed by atoms with Crippen LogP contribution in [0.4, 0.5) is 0 Å². The van der Waals surface area contributed by atoms with E-state index < -0.39 is 5.97 Å². The summed E-state index contributed by atoms with van der Waals surface area (Å²) < 4.78 is 5.08. The van der Waals surface area contributed by atoms with Gasteiger partial charge in [0.15, 0.2) is 5.76 Å². The Morgan fingerprint density at radius 3 is 2.67 bits per heavy atom. The maximum atomic E-state index is 11.1. The molecule has 0 radical (unpaired) electrons. The number of aryl methyl sites for hydroxylation is 1. The van der Waals surface area contributed by atoms with Gasteiger partial charge in [0.05, 0.1) is 5.69 Å². The molecule has 0 bridgehead atoms. The average molecular weight is 211 g/mol. The van der Waals surface area contributed by atoms with Gasteiger partial charge in [0, 0.05) is 5.92 Å². The van der Waals surface area contributed by atoms with Gasteiger partial charge >= 0.3 is 5.97 Å². The summed E-state index contributed by atoms with van der Waals surface area (Å²) in [6, 6.07) is 0. The number of hydrogen-bond donors (Lipinski definition) is 1. The molecule has 4 nitrogen and oxygen atoms in total. The second-order valence-electron chi connectivity index (χ2n) is 3.93. The van der Waals surface area contributed by atoms with E-state index in [0.29, 0.717) is 17.9 Å². The molecule has 1 heterocycles. The monoisotopic (exact) mass is 211 g/mol. The summed E-state index contributed by atoms with van der Waals surface area (Å²) in [5.74, 6) is -0.404. The van der Waals surface area contributed by atoms with Gasteiger partial charge in [-0.3, -0.25) is 0 Å². The van der Waals surface area contributed by atoms with Gasteiger partial charge in [0.1, 0.15) is 5.56 Å². The molecule has 4 heteroatoms. The van der Waals surface area contributed by atoms with Crippen molar-refractivity contribution in [3.8, 4) is 0 Å². The number of carbonyl (C=O) groups is 1. The summed E-state index contributed by atoms with van der Waals surface area (Å²) in [5, 5.41) is 12.9. The van der Waals surface area contributed by atoms with Crippen molar-refractivity contribution in [1.82, 2.24) is 5.16 Å². The normalized spacial score (nSPS) is 10.9. The molecular weight excluding hydrogens is 194 g/mol. The highest BCUT2D eigenvalue weighted by atomic mass is 16.5. The van der Waals surface area contributed by atoms with E-state index in [2.05, 4.69) is 12.1 Å². The highest BCUT2D eigenvalue weighted by Gasteiger charge is 2.23. The number of carboxylic acids is 1. The Labute approximate surface area is 89.3 Å². The van der Waals surface area contributed by atoms with Gasteiger partial charge in [-0.1, -0.05) is 32.3 Å². The van der Waals surface area contributed by atoms with E-state index in [1.165, 1.54) is 0 Å². The molecule has 0 aliphatic heterocycles. The van der Waals surface area contributed by atoms with Crippen LogP contribution in [0.3, 0.4) is 0 Å². The van der Waals surface area contributed by atoms with Crippen LogP contribution in [0.25, 0.3) is 0 Å². The maximum absolute atomic E-state index is 11.1. The number of rotatable bonds is 5. The molecule has 1 aromatic rings. The van der Waals surface area contributed by atoms with Gasteiger partial charge < -0.3 is 9.63 Å². The quantitative estimate of drug-likeness (QED) is 0.813. The van der Waals surface area contributed by atoms with Gasteiger partial charge in [0.2, 0.25) is 0 Å². The molecule has 0 unspecified atom stereocenters. The highest BCUT2D eigenvalue weighted by Crippen LogP contribution is 2.23. The van der Waals surface area contributed by atoms with E-state index in [0.717, 1.165) is 12.8 Å². The van der Waals surface area contributed by atoms with Crippen molar-refractivity contribution in [3.63, 3.8) is 0 Å². The van der Waals surface area contributed by atoms with Crippen LogP contribution in [0, 0.1) is 0 Å². The van der Waals surface area contributed by atoms with Crippen LogP contribution in [0.1, 0.15) is 61.3 Å².